The maximum absolute atomic E-state index is 11.5. The predicted molar refractivity (Wildman–Crippen MR) is 75.5 cm³/mol. The third-order valence-corrected chi connectivity index (χ3v) is 3.47. The van der Waals surface area contributed by atoms with E-state index in [1.165, 1.54) is 5.56 Å². The molecule has 1 heterocycles. The average molecular weight is 284 g/mol. The average Bonchev–Trinajstić information content (AvgIpc) is 2.87. The summed E-state index contributed by atoms with van der Waals surface area (Å²) in [5.41, 5.74) is 1.22. The highest BCUT2D eigenvalue weighted by Gasteiger charge is 2.07. The highest BCUT2D eigenvalue weighted by atomic mass is 32.1. The van der Waals surface area contributed by atoms with Crippen LogP contribution in [0.25, 0.3) is 0 Å². The highest BCUT2D eigenvalue weighted by Crippen LogP contribution is 2.05. The number of rotatable bonds is 8. The second kappa shape index (κ2) is 8.53. The minimum absolute atomic E-state index is 0.141. The van der Waals surface area contributed by atoms with Crippen LogP contribution in [-0.4, -0.2) is 30.2 Å². The number of carboxylic acid groups (broad SMARTS) is 1. The summed E-state index contributed by atoms with van der Waals surface area (Å²) in [5, 5.41) is 18.1. The van der Waals surface area contributed by atoms with Gasteiger partial charge in [0.25, 0.3) is 0 Å². The molecule has 1 unspecified atom stereocenters. The fourth-order valence-electron chi connectivity index (χ4n) is 1.56. The van der Waals surface area contributed by atoms with Crippen LogP contribution in [0.15, 0.2) is 16.8 Å². The fourth-order valence-corrected chi connectivity index (χ4v) is 2.26. The molecule has 1 aromatic rings. The maximum Gasteiger partial charge on any atom is 0.314 e. The van der Waals surface area contributed by atoms with E-state index in [4.69, 9.17) is 5.11 Å². The molecule has 2 amide bonds. The number of aliphatic carboxylic acids is 1. The quantitative estimate of drug-likeness (QED) is 0.684. The van der Waals surface area contributed by atoms with Crippen LogP contribution in [0.3, 0.4) is 0 Å². The molecular formula is C13H20N2O3S. The topological polar surface area (TPSA) is 78.4 Å². The van der Waals surface area contributed by atoms with Crippen LogP contribution < -0.4 is 10.6 Å². The molecule has 0 aromatic carbocycles. The lowest BCUT2D eigenvalue weighted by Gasteiger charge is -2.12. The lowest BCUT2D eigenvalue weighted by atomic mass is 10.1. The number of hydrogen-bond acceptors (Lipinski definition) is 3. The van der Waals surface area contributed by atoms with Crippen molar-refractivity contribution in [2.24, 2.45) is 5.92 Å². The molecule has 6 heteroatoms. The molecule has 0 aliphatic carbocycles. The van der Waals surface area contributed by atoms with Crippen molar-refractivity contribution in [3.8, 4) is 0 Å². The molecular weight excluding hydrogens is 264 g/mol. The Labute approximate surface area is 117 Å². The molecule has 0 aliphatic rings. The molecule has 106 valence electrons. The Bertz CT molecular complexity index is 393. The highest BCUT2D eigenvalue weighted by molar-refractivity contribution is 7.07. The molecule has 0 saturated carbocycles. The summed E-state index contributed by atoms with van der Waals surface area (Å²) < 4.78 is 0. The number of hydrogen-bond donors (Lipinski definition) is 3. The normalized spacial score (nSPS) is 11.8. The van der Waals surface area contributed by atoms with E-state index in [0.717, 1.165) is 6.42 Å². The summed E-state index contributed by atoms with van der Waals surface area (Å²) in [4.78, 5) is 21.9. The first-order valence-corrected chi connectivity index (χ1v) is 7.26. The number of carbonyl (C=O) groups is 2. The summed E-state index contributed by atoms with van der Waals surface area (Å²) in [7, 11) is 0. The van der Waals surface area contributed by atoms with E-state index in [9.17, 15) is 9.59 Å². The van der Waals surface area contributed by atoms with Gasteiger partial charge in [-0.1, -0.05) is 6.92 Å². The third kappa shape index (κ3) is 7.46. The van der Waals surface area contributed by atoms with E-state index < -0.39 is 5.97 Å². The van der Waals surface area contributed by atoms with Crippen LogP contribution in [0.1, 0.15) is 25.3 Å². The Morgan fingerprint density at radius 2 is 2.21 bits per heavy atom. The van der Waals surface area contributed by atoms with Gasteiger partial charge in [0.2, 0.25) is 0 Å². The maximum atomic E-state index is 11.5. The van der Waals surface area contributed by atoms with E-state index in [1.54, 1.807) is 11.3 Å². The van der Waals surface area contributed by atoms with Crippen LogP contribution in [0.5, 0.6) is 0 Å². The zero-order valence-corrected chi connectivity index (χ0v) is 11.8. The van der Waals surface area contributed by atoms with Crippen LogP contribution >= 0.6 is 11.3 Å². The smallest absolute Gasteiger partial charge is 0.314 e. The molecule has 1 atom stereocenters. The lowest BCUT2D eigenvalue weighted by Crippen LogP contribution is -2.38. The first-order valence-electron chi connectivity index (χ1n) is 6.32. The number of thiophene rings is 1. The zero-order valence-electron chi connectivity index (χ0n) is 11.0. The van der Waals surface area contributed by atoms with Gasteiger partial charge in [0, 0.05) is 19.5 Å². The molecule has 1 rings (SSSR count). The second-order valence-corrected chi connectivity index (χ2v) is 5.34. The van der Waals surface area contributed by atoms with Crippen molar-refractivity contribution in [1.82, 2.24) is 10.6 Å². The Morgan fingerprint density at radius 1 is 1.42 bits per heavy atom. The van der Waals surface area contributed by atoms with Crippen LogP contribution in [-0.2, 0) is 11.2 Å². The first-order chi connectivity index (χ1) is 9.08. The summed E-state index contributed by atoms with van der Waals surface area (Å²) in [5.74, 6) is -0.634. The molecule has 5 nitrogen and oxygen atoms in total. The Morgan fingerprint density at radius 3 is 2.84 bits per heavy atom. The molecule has 0 aliphatic heterocycles. The molecule has 0 fully saturated rings. The molecule has 0 saturated heterocycles. The summed E-state index contributed by atoms with van der Waals surface area (Å²) in [6, 6.07) is 1.84. The van der Waals surface area contributed by atoms with Gasteiger partial charge in [0.1, 0.15) is 0 Å². The fraction of sp³-hybridized carbons (Fsp3) is 0.538. The van der Waals surface area contributed by atoms with Crippen molar-refractivity contribution < 1.29 is 14.7 Å². The van der Waals surface area contributed by atoms with E-state index in [0.29, 0.717) is 19.5 Å². The van der Waals surface area contributed by atoms with Crippen molar-refractivity contribution in [1.29, 1.82) is 0 Å². The van der Waals surface area contributed by atoms with Gasteiger partial charge in [-0.05, 0) is 41.1 Å². The summed E-state index contributed by atoms with van der Waals surface area (Å²) >= 11 is 1.64. The van der Waals surface area contributed by atoms with Gasteiger partial charge in [0.15, 0.2) is 0 Å². The van der Waals surface area contributed by atoms with Gasteiger partial charge < -0.3 is 15.7 Å². The van der Waals surface area contributed by atoms with Crippen LogP contribution in [0.4, 0.5) is 4.79 Å². The van der Waals surface area contributed by atoms with E-state index >= 15 is 0 Å². The summed E-state index contributed by atoms with van der Waals surface area (Å²) in [6.45, 7) is 3.03. The van der Waals surface area contributed by atoms with E-state index in [1.807, 2.05) is 18.4 Å². The molecule has 0 bridgehead atoms. The van der Waals surface area contributed by atoms with Gasteiger partial charge in [-0.25, -0.2) is 4.79 Å². The molecule has 0 spiro atoms. The molecule has 3 N–H and O–H groups in total. The van der Waals surface area contributed by atoms with Gasteiger partial charge in [0.05, 0.1) is 0 Å². The van der Waals surface area contributed by atoms with Gasteiger partial charge in [-0.3, -0.25) is 4.79 Å². The van der Waals surface area contributed by atoms with Crippen molar-refractivity contribution in [2.75, 3.05) is 13.1 Å². The summed E-state index contributed by atoms with van der Waals surface area (Å²) in [6.07, 6.45) is 1.54. The van der Waals surface area contributed by atoms with Gasteiger partial charge in [-0.15, -0.1) is 0 Å². The SMILES string of the molecule is CC(CCC(=O)O)CNC(=O)NCCc1ccsc1. The monoisotopic (exact) mass is 284 g/mol. The molecule has 19 heavy (non-hydrogen) atoms. The molecule has 1 aromatic heterocycles. The minimum atomic E-state index is -0.799. The number of carboxylic acids is 1. The second-order valence-electron chi connectivity index (χ2n) is 4.56. The predicted octanol–water partition coefficient (Wildman–Crippen LogP) is 2.09. The Hall–Kier alpha value is -1.56. The zero-order chi connectivity index (χ0) is 14.1. The lowest BCUT2D eigenvalue weighted by molar-refractivity contribution is -0.137. The van der Waals surface area contributed by atoms with Gasteiger partial charge >= 0.3 is 12.0 Å². The number of nitrogens with one attached hydrogen (secondary N) is 2. The Kier molecular flexibility index (Phi) is 6.95. The number of carbonyl (C=O) groups excluding carboxylic acids is 1. The van der Waals surface area contributed by atoms with Crippen LogP contribution in [0.2, 0.25) is 0 Å². The van der Waals surface area contributed by atoms with Crippen LogP contribution in [0, 0.1) is 5.92 Å². The molecule has 0 radical (unpaired) electrons. The minimum Gasteiger partial charge on any atom is -0.481 e. The number of amides is 2. The van der Waals surface area contributed by atoms with Crippen molar-refractivity contribution in [3.63, 3.8) is 0 Å². The van der Waals surface area contributed by atoms with Gasteiger partial charge in [-0.2, -0.15) is 11.3 Å². The van der Waals surface area contributed by atoms with Crippen molar-refractivity contribution in [3.05, 3.63) is 22.4 Å². The van der Waals surface area contributed by atoms with E-state index in [2.05, 4.69) is 16.0 Å². The standard InChI is InChI=1S/C13H20N2O3S/c1-10(2-3-12(16)17)8-15-13(18)14-6-4-11-5-7-19-9-11/h5,7,9-10H,2-4,6,8H2,1H3,(H,16,17)(H2,14,15,18). The largest absolute Gasteiger partial charge is 0.481 e. The van der Waals surface area contributed by atoms with Crippen molar-refractivity contribution >= 4 is 23.3 Å². The number of urea groups is 1. The first kappa shape index (κ1) is 15.5. The van der Waals surface area contributed by atoms with Crippen molar-refractivity contribution in [2.45, 2.75) is 26.2 Å². The Balaban J connectivity index is 2.05. The van der Waals surface area contributed by atoms with E-state index in [-0.39, 0.29) is 18.4 Å². The third-order valence-electron chi connectivity index (χ3n) is 2.74.